The van der Waals surface area contributed by atoms with Crippen molar-refractivity contribution in [3.05, 3.63) is 69.8 Å². The second-order valence-corrected chi connectivity index (χ2v) is 9.63. The van der Waals surface area contributed by atoms with Gasteiger partial charge >= 0.3 is 0 Å². The third-order valence-electron chi connectivity index (χ3n) is 6.87. The van der Waals surface area contributed by atoms with Crippen molar-refractivity contribution < 1.29 is 14.3 Å². The van der Waals surface area contributed by atoms with Gasteiger partial charge in [0.05, 0.1) is 12.2 Å². The van der Waals surface area contributed by atoms with Crippen molar-refractivity contribution in [3.63, 3.8) is 0 Å². The molecular formula is C25H26BrN3O3. The molecule has 32 heavy (non-hydrogen) atoms. The van der Waals surface area contributed by atoms with Crippen molar-refractivity contribution in [2.24, 2.45) is 0 Å². The number of benzene rings is 2. The lowest BCUT2D eigenvalue weighted by Crippen LogP contribution is -2.67. The molecule has 0 saturated carbocycles. The molecule has 0 aliphatic carbocycles. The van der Waals surface area contributed by atoms with Crippen molar-refractivity contribution in [1.29, 1.82) is 0 Å². The summed E-state index contributed by atoms with van der Waals surface area (Å²) in [4.78, 5) is 34.2. The smallest absolute Gasteiger partial charge is 0.254 e. The summed E-state index contributed by atoms with van der Waals surface area (Å²) in [5.41, 5.74) is 3.00. The zero-order valence-corrected chi connectivity index (χ0v) is 19.8. The number of nitrogens with zero attached hydrogens (tertiary/aromatic N) is 2. The van der Waals surface area contributed by atoms with Gasteiger partial charge in [0, 0.05) is 48.1 Å². The Hall–Kier alpha value is -2.64. The van der Waals surface area contributed by atoms with Gasteiger partial charge in [-0.1, -0.05) is 46.3 Å². The third-order valence-corrected chi connectivity index (χ3v) is 7.39. The lowest BCUT2D eigenvalue weighted by atomic mass is 9.76. The van der Waals surface area contributed by atoms with Gasteiger partial charge in [0.15, 0.2) is 5.54 Å². The normalized spacial score (nSPS) is 22.9. The van der Waals surface area contributed by atoms with Gasteiger partial charge in [-0.3, -0.25) is 9.59 Å². The van der Waals surface area contributed by atoms with Crippen LogP contribution < -0.4 is 0 Å². The molecule has 5 rings (SSSR count). The van der Waals surface area contributed by atoms with Gasteiger partial charge in [0.25, 0.3) is 5.91 Å². The number of aromatic nitrogens is 1. The molecule has 3 aromatic rings. The van der Waals surface area contributed by atoms with Gasteiger partial charge in [-0.05, 0) is 42.7 Å². The summed E-state index contributed by atoms with van der Waals surface area (Å²) in [6, 6.07) is 16.4. The molecule has 1 aromatic heterocycles. The van der Waals surface area contributed by atoms with E-state index in [2.05, 4.69) is 39.1 Å². The molecule has 6 nitrogen and oxygen atoms in total. The predicted molar refractivity (Wildman–Crippen MR) is 126 cm³/mol. The van der Waals surface area contributed by atoms with E-state index < -0.39 is 5.54 Å². The summed E-state index contributed by atoms with van der Waals surface area (Å²) in [5.74, 6) is -0.0645. The number of methoxy groups -OCH3 is 1. The highest BCUT2D eigenvalue weighted by Gasteiger charge is 2.56. The molecule has 2 atom stereocenters. The van der Waals surface area contributed by atoms with Crippen LogP contribution in [-0.2, 0) is 19.9 Å². The number of rotatable bonds is 5. The number of amides is 2. The van der Waals surface area contributed by atoms with Gasteiger partial charge in [0.1, 0.15) is 0 Å². The van der Waals surface area contributed by atoms with Crippen molar-refractivity contribution in [2.75, 3.05) is 33.4 Å². The summed E-state index contributed by atoms with van der Waals surface area (Å²) in [7, 11) is 1.65. The SMILES string of the molecule is COCCCN1CC(=O)N2C[C@@H](c3ccc(Br)cc3)c3c([nH]c4ccccc34)[C@@]2(C)C1=O. The van der Waals surface area contributed by atoms with Crippen LogP contribution in [0, 0.1) is 0 Å². The Labute approximate surface area is 195 Å². The van der Waals surface area contributed by atoms with Crippen LogP contribution in [0.5, 0.6) is 0 Å². The Morgan fingerprint density at radius 2 is 1.91 bits per heavy atom. The van der Waals surface area contributed by atoms with Crippen LogP contribution in [0.4, 0.5) is 0 Å². The molecule has 166 valence electrons. The molecule has 2 amide bonds. The lowest BCUT2D eigenvalue weighted by Gasteiger charge is -2.51. The van der Waals surface area contributed by atoms with Gasteiger partial charge in [-0.15, -0.1) is 0 Å². The zero-order chi connectivity index (χ0) is 22.5. The number of carbonyl (C=O) groups is 2. The number of aromatic amines is 1. The van der Waals surface area contributed by atoms with Crippen LogP contribution in [-0.4, -0.2) is 59.9 Å². The van der Waals surface area contributed by atoms with Crippen LogP contribution in [0.1, 0.15) is 36.1 Å². The Morgan fingerprint density at radius 3 is 2.66 bits per heavy atom. The van der Waals surface area contributed by atoms with E-state index >= 15 is 0 Å². The highest BCUT2D eigenvalue weighted by atomic mass is 79.9. The maximum Gasteiger partial charge on any atom is 0.254 e. The van der Waals surface area contributed by atoms with Gasteiger partial charge in [0.2, 0.25) is 5.91 Å². The third kappa shape index (κ3) is 3.18. The molecule has 1 fully saturated rings. The molecule has 0 unspecified atom stereocenters. The number of halogens is 1. The minimum absolute atomic E-state index is 0.0147. The highest BCUT2D eigenvalue weighted by molar-refractivity contribution is 9.10. The Balaban J connectivity index is 1.67. The molecule has 3 heterocycles. The quantitative estimate of drug-likeness (QED) is 0.544. The Morgan fingerprint density at radius 1 is 1.16 bits per heavy atom. The molecule has 7 heteroatoms. The number of hydrogen-bond acceptors (Lipinski definition) is 3. The first-order chi connectivity index (χ1) is 15.4. The van der Waals surface area contributed by atoms with E-state index in [1.165, 1.54) is 0 Å². The number of carbonyl (C=O) groups excluding carboxylic acids is 2. The van der Waals surface area contributed by atoms with E-state index in [-0.39, 0.29) is 24.3 Å². The summed E-state index contributed by atoms with van der Waals surface area (Å²) < 4.78 is 6.16. The second kappa shape index (κ2) is 8.05. The molecule has 2 aromatic carbocycles. The number of fused-ring (bicyclic) bond motifs is 5. The fraction of sp³-hybridized carbons (Fsp3) is 0.360. The second-order valence-electron chi connectivity index (χ2n) is 8.71. The molecule has 0 spiro atoms. The maximum atomic E-state index is 13.8. The average Bonchev–Trinajstić information content (AvgIpc) is 3.19. The molecule has 2 aliphatic rings. The van der Waals surface area contributed by atoms with Crippen LogP contribution in [0.25, 0.3) is 10.9 Å². The standard InChI is InChI=1S/C25H26BrN3O3/c1-25-23-22(18-6-3-4-7-20(18)27-23)19(16-8-10-17(26)11-9-16)14-29(25)21(30)15-28(24(25)31)12-5-13-32-2/h3-4,6-11,19,27H,5,12-15H2,1-2H3/t19-,25-/m0/s1. The van der Waals surface area contributed by atoms with Crippen LogP contribution in [0.3, 0.4) is 0 Å². The van der Waals surface area contributed by atoms with Crippen LogP contribution in [0.2, 0.25) is 0 Å². The zero-order valence-electron chi connectivity index (χ0n) is 18.2. The number of hydrogen-bond donors (Lipinski definition) is 1. The summed E-state index contributed by atoms with van der Waals surface area (Å²) in [5, 5.41) is 1.10. The van der Waals surface area contributed by atoms with E-state index in [0.717, 1.165) is 32.2 Å². The number of piperazine rings is 1. The Bertz CT molecular complexity index is 1190. The lowest BCUT2D eigenvalue weighted by molar-refractivity contribution is -0.166. The topological polar surface area (TPSA) is 65.6 Å². The molecular weight excluding hydrogens is 470 g/mol. The first kappa shape index (κ1) is 21.2. The van der Waals surface area contributed by atoms with E-state index in [0.29, 0.717) is 26.1 Å². The molecule has 1 N–H and O–H groups in total. The molecule has 2 aliphatic heterocycles. The molecule has 0 radical (unpaired) electrons. The van der Waals surface area contributed by atoms with Gasteiger partial charge in [-0.25, -0.2) is 0 Å². The average molecular weight is 496 g/mol. The summed E-state index contributed by atoms with van der Waals surface area (Å²) in [6.45, 7) is 3.54. The Kier molecular flexibility index (Phi) is 5.34. The summed E-state index contributed by atoms with van der Waals surface area (Å²) in [6.07, 6.45) is 0.701. The van der Waals surface area contributed by atoms with E-state index in [4.69, 9.17) is 4.74 Å². The first-order valence-corrected chi connectivity index (χ1v) is 11.7. The van der Waals surface area contributed by atoms with Crippen LogP contribution >= 0.6 is 15.9 Å². The minimum Gasteiger partial charge on any atom is -0.385 e. The largest absolute Gasteiger partial charge is 0.385 e. The molecule has 0 bridgehead atoms. The minimum atomic E-state index is -1.05. The van der Waals surface area contributed by atoms with E-state index in [1.54, 1.807) is 16.9 Å². The number of nitrogens with one attached hydrogen (secondary N) is 1. The van der Waals surface area contributed by atoms with Crippen molar-refractivity contribution >= 4 is 38.6 Å². The highest BCUT2D eigenvalue weighted by Crippen LogP contribution is 2.48. The summed E-state index contributed by atoms with van der Waals surface area (Å²) >= 11 is 3.52. The predicted octanol–water partition coefficient (Wildman–Crippen LogP) is 4.00. The first-order valence-electron chi connectivity index (χ1n) is 10.9. The van der Waals surface area contributed by atoms with Crippen LogP contribution in [0.15, 0.2) is 53.0 Å². The maximum absolute atomic E-state index is 13.8. The van der Waals surface area contributed by atoms with E-state index in [9.17, 15) is 9.59 Å². The fourth-order valence-corrected chi connectivity index (χ4v) is 5.51. The van der Waals surface area contributed by atoms with Gasteiger partial charge < -0.3 is 19.5 Å². The number of ether oxygens (including phenoxy) is 1. The fourth-order valence-electron chi connectivity index (χ4n) is 5.25. The number of para-hydroxylation sites is 1. The van der Waals surface area contributed by atoms with Crippen molar-refractivity contribution in [2.45, 2.75) is 24.8 Å². The van der Waals surface area contributed by atoms with Gasteiger partial charge in [-0.2, -0.15) is 0 Å². The monoisotopic (exact) mass is 495 g/mol. The molecule has 1 saturated heterocycles. The number of H-pyrrole nitrogens is 1. The van der Waals surface area contributed by atoms with Crippen molar-refractivity contribution in [1.82, 2.24) is 14.8 Å². The van der Waals surface area contributed by atoms with E-state index in [1.807, 2.05) is 37.3 Å². The van der Waals surface area contributed by atoms with Crippen molar-refractivity contribution in [3.8, 4) is 0 Å².